The van der Waals surface area contributed by atoms with Gasteiger partial charge in [0.2, 0.25) is 0 Å². The van der Waals surface area contributed by atoms with Gasteiger partial charge >= 0.3 is 0 Å². The largest absolute Gasteiger partial charge is 0.508 e. The highest BCUT2D eigenvalue weighted by atomic mass is 16.3. The molecule has 2 N–H and O–H groups in total. The molecule has 1 amide bonds. The van der Waals surface area contributed by atoms with Crippen LogP contribution in [0.5, 0.6) is 5.75 Å². The third kappa shape index (κ3) is 4.29. The number of carbonyl (C=O) groups excluding carboxylic acids is 1. The molecule has 29 heavy (non-hydrogen) atoms. The summed E-state index contributed by atoms with van der Waals surface area (Å²) in [6, 6.07) is 11.0. The highest BCUT2D eigenvalue weighted by Gasteiger charge is 2.37. The van der Waals surface area contributed by atoms with Crippen LogP contribution >= 0.6 is 0 Å². The molecule has 1 aliphatic rings. The van der Waals surface area contributed by atoms with E-state index in [1.807, 2.05) is 0 Å². The Hall–Kier alpha value is -2.82. The Kier molecular flexibility index (Phi) is 5.69. The minimum Gasteiger partial charge on any atom is -0.508 e. The van der Waals surface area contributed by atoms with Crippen LogP contribution in [0.4, 0.5) is 5.69 Å². The van der Waals surface area contributed by atoms with Gasteiger partial charge in [-0.05, 0) is 100 Å². The number of nitrogens with one attached hydrogen (secondary N) is 1. The summed E-state index contributed by atoms with van der Waals surface area (Å²) in [5.41, 5.74) is 7.88. The normalized spacial score (nSPS) is 18.2. The number of phenols is 1. The number of phenolic OH excluding ortho intramolecular Hbond substituents is 1. The predicted molar refractivity (Wildman–Crippen MR) is 119 cm³/mol. The van der Waals surface area contributed by atoms with Crippen LogP contribution in [0.15, 0.2) is 41.5 Å². The number of rotatable bonds is 4. The summed E-state index contributed by atoms with van der Waals surface area (Å²) in [4.78, 5) is 14.7. The molecule has 0 aliphatic carbocycles. The van der Waals surface area contributed by atoms with Crippen molar-refractivity contribution in [2.75, 3.05) is 4.90 Å². The van der Waals surface area contributed by atoms with Crippen LogP contribution in [0.3, 0.4) is 0 Å². The standard InChI is InChI=1S/C24H31N3O2/c1-15(2)27-22-11-16(3)19(12-21(22)17(4)13-24(27,5)6)14-25-26-23(29)18-7-9-20(28)10-8-18/h7-12,14-15,17,28H,13H2,1-6H3,(H,26,29)/b25-14-/t17-/m1/s1. The third-order valence-corrected chi connectivity index (χ3v) is 5.68. The van der Waals surface area contributed by atoms with E-state index in [4.69, 9.17) is 0 Å². The average molecular weight is 394 g/mol. The van der Waals surface area contributed by atoms with Crippen LogP contribution in [-0.2, 0) is 0 Å². The molecule has 2 aromatic rings. The number of hydrogen-bond acceptors (Lipinski definition) is 4. The van der Waals surface area contributed by atoms with Gasteiger partial charge in [-0.1, -0.05) is 6.92 Å². The summed E-state index contributed by atoms with van der Waals surface area (Å²) in [6.45, 7) is 13.5. The van der Waals surface area contributed by atoms with Gasteiger partial charge in [0.15, 0.2) is 0 Å². The van der Waals surface area contributed by atoms with E-state index in [0.29, 0.717) is 17.5 Å². The fraction of sp³-hybridized carbons (Fsp3) is 0.417. The molecular formula is C24H31N3O2. The fourth-order valence-corrected chi connectivity index (χ4v) is 4.57. The number of nitrogens with zero attached hydrogens (tertiary/aromatic N) is 2. The zero-order valence-electron chi connectivity index (χ0n) is 18.2. The summed E-state index contributed by atoms with van der Waals surface area (Å²) < 4.78 is 0. The second kappa shape index (κ2) is 7.90. The number of carbonyl (C=O) groups is 1. The first-order chi connectivity index (χ1) is 13.6. The topological polar surface area (TPSA) is 64.9 Å². The molecule has 1 heterocycles. The molecule has 154 valence electrons. The molecule has 3 rings (SSSR count). The lowest BCUT2D eigenvalue weighted by atomic mass is 9.78. The van der Waals surface area contributed by atoms with Gasteiger partial charge in [0, 0.05) is 22.8 Å². The molecule has 5 heteroatoms. The van der Waals surface area contributed by atoms with Crippen LogP contribution in [0.2, 0.25) is 0 Å². The molecule has 0 fully saturated rings. The average Bonchev–Trinajstić information content (AvgIpc) is 2.62. The molecular weight excluding hydrogens is 362 g/mol. The Balaban J connectivity index is 1.85. The van der Waals surface area contributed by atoms with Gasteiger partial charge in [-0.15, -0.1) is 0 Å². The van der Waals surface area contributed by atoms with E-state index in [9.17, 15) is 9.90 Å². The zero-order chi connectivity index (χ0) is 21.3. The van der Waals surface area contributed by atoms with Gasteiger partial charge in [0.1, 0.15) is 5.75 Å². The van der Waals surface area contributed by atoms with E-state index < -0.39 is 0 Å². The molecule has 0 spiro atoms. The maximum absolute atomic E-state index is 12.2. The summed E-state index contributed by atoms with van der Waals surface area (Å²) in [7, 11) is 0. The molecule has 0 unspecified atom stereocenters. The minimum atomic E-state index is -0.307. The number of hydrogen-bond donors (Lipinski definition) is 2. The zero-order valence-corrected chi connectivity index (χ0v) is 18.2. The van der Waals surface area contributed by atoms with E-state index in [2.05, 4.69) is 69.1 Å². The maximum atomic E-state index is 12.2. The van der Waals surface area contributed by atoms with Gasteiger partial charge in [-0.2, -0.15) is 5.10 Å². The van der Waals surface area contributed by atoms with Crippen molar-refractivity contribution >= 4 is 17.8 Å². The van der Waals surface area contributed by atoms with Gasteiger partial charge in [-0.3, -0.25) is 4.79 Å². The number of fused-ring (bicyclic) bond motifs is 1. The van der Waals surface area contributed by atoms with Gasteiger partial charge in [-0.25, -0.2) is 5.43 Å². The quantitative estimate of drug-likeness (QED) is 0.570. The molecule has 1 aliphatic heterocycles. The van der Waals surface area contributed by atoms with Crippen molar-refractivity contribution in [3.05, 3.63) is 58.7 Å². The number of aromatic hydroxyl groups is 1. The second-order valence-corrected chi connectivity index (χ2v) is 8.89. The highest BCUT2D eigenvalue weighted by molar-refractivity contribution is 5.95. The van der Waals surface area contributed by atoms with Crippen LogP contribution < -0.4 is 10.3 Å². The summed E-state index contributed by atoms with van der Waals surface area (Å²) >= 11 is 0. The van der Waals surface area contributed by atoms with Crippen molar-refractivity contribution in [1.82, 2.24) is 5.43 Å². The molecule has 0 radical (unpaired) electrons. The van der Waals surface area contributed by atoms with E-state index >= 15 is 0 Å². The van der Waals surface area contributed by atoms with Crippen LogP contribution in [0.1, 0.15) is 74.0 Å². The molecule has 5 nitrogen and oxygen atoms in total. The van der Waals surface area contributed by atoms with Gasteiger partial charge in [0.05, 0.1) is 6.21 Å². The van der Waals surface area contributed by atoms with E-state index in [0.717, 1.165) is 17.5 Å². The number of benzene rings is 2. The number of amides is 1. The molecule has 1 atom stereocenters. The van der Waals surface area contributed by atoms with Crippen LogP contribution in [-0.4, -0.2) is 28.8 Å². The summed E-state index contributed by atoms with van der Waals surface area (Å²) in [5, 5.41) is 13.5. The lowest BCUT2D eigenvalue weighted by Gasteiger charge is -2.50. The third-order valence-electron chi connectivity index (χ3n) is 5.68. The van der Waals surface area contributed by atoms with Crippen molar-refractivity contribution < 1.29 is 9.90 Å². The molecule has 0 aromatic heterocycles. The highest BCUT2D eigenvalue weighted by Crippen LogP contribution is 2.45. The van der Waals surface area contributed by atoms with Crippen molar-refractivity contribution in [3.8, 4) is 5.75 Å². The maximum Gasteiger partial charge on any atom is 0.271 e. The van der Waals surface area contributed by atoms with Crippen molar-refractivity contribution in [2.24, 2.45) is 5.10 Å². The number of aryl methyl sites for hydroxylation is 1. The van der Waals surface area contributed by atoms with Crippen molar-refractivity contribution in [3.63, 3.8) is 0 Å². The Morgan fingerprint density at radius 1 is 1.28 bits per heavy atom. The Morgan fingerprint density at radius 2 is 1.93 bits per heavy atom. The summed E-state index contributed by atoms with van der Waals surface area (Å²) in [5.74, 6) is 0.273. The van der Waals surface area contributed by atoms with E-state index in [1.54, 1.807) is 18.3 Å². The van der Waals surface area contributed by atoms with Crippen LogP contribution in [0, 0.1) is 6.92 Å². The Labute approximate surface area is 173 Å². The number of hydrazone groups is 1. The molecule has 2 aromatic carbocycles. The lowest BCUT2D eigenvalue weighted by Crippen LogP contribution is -2.51. The summed E-state index contributed by atoms with van der Waals surface area (Å²) in [6.07, 6.45) is 2.80. The number of anilines is 1. The van der Waals surface area contributed by atoms with Gasteiger partial charge in [0.25, 0.3) is 5.91 Å². The smallest absolute Gasteiger partial charge is 0.271 e. The van der Waals surface area contributed by atoms with Crippen molar-refractivity contribution in [1.29, 1.82) is 0 Å². The molecule has 0 bridgehead atoms. The lowest BCUT2D eigenvalue weighted by molar-refractivity contribution is 0.0955. The minimum absolute atomic E-state index is 0.112. The van der Waals surface area contributed by atoms with Crippen LogP contribution in [0.25, 0.3) is 0 Å². The first-order valence-corrected chi connectivity index (χ1v) is 10.2. The van der Waals surface area contributed by atoms with E-state index in [1.165, 1.54) is 23.4 Å². The second-order valence-electron chi connectivity index (χ2n) is 8.89. The molecule has 0 saturated carbocycles. The Morgan fingerprint density at radius 3 is 2.55 bits per heavy atom. The van der Waals surface area contributed by atoms with E-state index in [-0.39, 0.29) is 17.2 Å². The monoisotopic (exact) mass is 393 g/mol. The predicted octanol–water partition coefficient (Wildman–Crippen LogP) is 4.97. The SMILES string of the molecule is Cc1cc2c(cc1/C=N\NC(=O)c1ccc(O)cc1)[C@H](C)CC(C)(C)N2C(C)C. The Bertz CT molecular complexity index is 930. The first kappa shape index (κ1) is 20.9. The molecule has 0 saturated heterocycles. The van der Waals surface area contributed by atoms with Gasteiger partial charge < -0.3 is 10.0 Å². The first-order valence-electron chi connectivity index (χ1n) is 10.2. The van der Waals surface area contributed by atoms with Crippen molar-refractivity contribution in [2.45, 2.75) is 65.5 Å². The fourth-order valence-electron chi connectivity index (χ4n) is 4.57.